The van der Waals surface area contributed by atoms with Gasteiger partial charge in [-0.05, 0) is 18.6 Å². The van der Waals surface area contributed by atoms with Crippen molar-refractivity contribution in [1.82, 2.24) is 8.99 Å². The van der Waals surface area contributed by atoms with Gasteiger partial charge in [0.1, 0.15) is 5.69 Å². The van der Waals surface area contributed by atoms with Crippen molar-refractivity contribution in [2.24, 2.45) is 0 Å². The Labute approximate surface area is 134 Å². The van der Waals surface area contributed by atoms with Crippen LogP contribution in [0.5, 0.6) is 0 Å². The van der Waals surface area contributed by atoms with E-state index in [1.807, 2.05) is 18.2 Å². The number of nitrogens with zero attached hydrogens (tertiary/aromatic N) is 2. The van der Waals surface area contributed by atoms with Crippen LogP contribution in [0.4, 0.5) is 0 Å². The molecule has 22 heavy (non-hydrogen) atoms. The molecule has 0 unspecified atom stereocenters. The Hall–Kier alpha value is -1.56. The molecule has 3 rings (SSSR count). The van der Waals surface area contributed by atoms with Crippen LogP contribution < -0.4 is 0 Å². The Morgan fingerprint density at radius 2 is 2.14 bits per heavy atom. The molecule has 1 aromatic carbocycles. The molecule has 0 atom stereocenters. The zero-order chi connectivity index (χ0) is 15.5. The van der Waals surface area contributed by atoms with Crippen molar-refractivity contribution >= 4 is 28.6 Å². The standard InChI is InChI=1S/C16H19ClN2O3/c1-2-22-16(20)14-10-12-4-3-5-13(15(12)19(14)17)11-18-6-8-21-9-7-18/h3-5,10H,2,6-9,11H2,1H3. The quantitative estimate of drug-likeness (QED) is 0.812. The van der Waals surface area contributed by atoms with Gasteiger partial charge in [-0.3, -0.25) is 4.90 Å². The van der Waals surface area contributed by atoms with E-state index in [4.69, 9.17) is 21.3 Å². The van der Waals surface area contributed by atoms with E-state index in [1.54, 1.807) is 13.0 Å². The summed E-state index contributed by atoms with van der Waals surface area (Å²) < 4.78 is 11.9. The van der Waals surface area contributed by atoms with Gasteiger partial charge in [-0.25, -0.2) is 8.88 Å². The van der Waals surface area contributed by atoms with Crippen molar-refractivity contribution in [2.45, 2.75) is 13.5 Å². The molecule has 1 fully saturated rings. The molecule has 1 aliphatic rings. The van der Waals surface area contributed by atoms with E-state index in [0.29, 0.717) is 12.3 Å². The summed E-state index contributed by atoms with van der Waals surface area (Å²) in [4.78, 5) is 14.3. The molecule has 1 saturated heterocycles. The molecule has 1 aromatic heterocycles. The third-order valence-electron chi connectivity index (χ3n) is 3.83. The summed E-state index contributed by atoms with van der Waals surface area (Å²) in [6.45, 7) is 6.23. The number of esters is 1. The van der Waals surface area contributed by atoms with Gasteiger partial charge in [0.25, 0.3) is 0 Å². The number of carbonyl (C=O) groups excluding carboxylic acids is 1. The SMILES string of the molecule is CCOC(=O)c1cc2cccc(CN3CCOCC3)c2n1Cl. The summed E-state index contributed by atoms with van der Waals surface area (Å²) in [6, 6.07) is 7.78. The first-order chi connectivity index (χ1) is 10.7. The van der Waals surface area contributed by atoms with Gasteiger partial charge >= 0.3 is 5.97 Å². The topological polar surface area (TPSA) is 43.7 Å². The van der Waals surface area contributed by atoms with Gasteiger partial charge in [0.05, 0.1) is 25.3 Å². The number of hydrogen-bond donors (Lipinski definition) is 0. The Bertz CT molecular complexity index is 677. The maximum absolute atomic E-state index is 12.0. The number of para-hydroxylation sites is 1. The highest BCUT2D eigenvalue weighted by Gasteiger charge is 2.19. The lowest BCUT2D eigenvalue weighted by atomic mass is 10.1. The lowest BCUT2D eigenvalue weighted by molar-refractivity contribution is 0.0343. The van der Waals surface area contributed by atoms with E-state index in [-0.39, 0.29) is 0 Å². The van der Waals surface area contributed by atoms with Gasteiger partial charge in [-0.2, -0.15) is 0 Å². The fraction of sp³-hybridized carbons (Fsp3) is 0.438. The predicted octanol–water partition coefficient (Wildman–Crippen LogP) is 2.65. The summed E-state index contributed by atoms with van der Waals surface area (Å²) in [7, 11) is 0. The van der Waals surface area contributed by atoms with Crippen LogP contribution in [0, 0.1) is 0 Å². The van der Waals surface area contributed by atoms with Gasteiger partial charge in [0, 0.05) is 36.8 Å². The van der Waals surface area contributed by atoms with Crippen LogP contribution >= 0.6 is 11.8 Å². The monoisotopic (exact) mass is 322 g/mol. The molecule has 0 bridgehead atoms. The number of morpholine rings is 1. The van der Waals surface area contributed by atoms with Crippen molar-refractivity contribution in [3.63, 3.8) is 0 Å². The molecule has 2 aromatic rings. The van der Waals surface area contributed by atoms with Gasteiger partial charge in [-0.1, -0.05) is 18.2 Å². The fourth-order valence-corrected chi connectivity index (χ4v) is 3.09. The van der Waals surface area contributed by atoms with E-state index >= 15 is 0 Å². The third kappa shape index (κ3) is 2.97. The Morgan fingerprint density at radius 1 is 1.36 bits per heavy atom. The highest BCUT2D eigenvalue weighted by Crippen LogP contribution is 2.26. The highest BCUT2D eigenvalue weighted by molar-refractivity contribution is 6.22. The van der Waals surface area contributed by atoms with Crippen molar-refractivity contribution in [3.05, 3.63) is 35.5 Å². The molecule has 0 aliphatic carbocycles. The third-order valence-corrected chi connectivity index (χ3v) is 4.18. The molecule has 6 heteroatoms. The van der Waals surface area contributed by atoms with Crippen molar-refractivity contribution in [1.29, 1.82) is 0 Å². The number of fused-ring (bicyclic) bond motifs is 1. The number of carbonyl (C=O) groups is 1. The Balaban J connectivity index is 1.95. The van der Waals surface area contributed by atoms with E-state index < -0.39 is 5.97 Å². The number of aromatic nitrogens is 1. The molecular weight excluding hydrogens is 304 g/mol. The van der Waals surface area contributed by atoms with Gasteiger partial charge in [0.15, 0.2) is 0 Å². The molecule has 5 nitrogen and oxygen atoms in total. The molecule has 0 radical (unpaired) electrons. The Kier molecular flexibility index (Phi) is 4.66. The molecular formula is C16H19ClN2O3. The number of rotatable bonds is 4. The summed E-state index contributed by atoms with van der Waals surface area (Å²) in [6.07, 6.45) is 0. The van der Waals surface area contributed by atoms with Crippen LogP contribution in [0.2, 0.25) is 0 Å². The van der Waals surface area contributed by atoms with Gasteiger partial charge < -0.3 is 9.47 Å². The first-order valence-corrected chi connectivity index (χ1v) is 7.81. The Morgan fingerprint density at radius 3 is 2.86 bits per heavy atom. The zero-order valence-corrected chi connectivity index (χ0v) is 13.3. The summed E-state index contributed by atoms with van der Waals surface area (Å²) in [5.74, 6) is -0.397. The minimum absolute atomic E-state index is 0.331. The number of benzene rings is 1. The summed E-state index contributed by atoms with van der Waals surface area (Å²) in [5, 5.41) is 0.948. The molecule has 0 N–H and O–H groups in total. The van der Waals surface area contributed by atoms with Crippen LogP contribution in [-0.4, -0.2) is 47.9 Å². The van der Waals surface area contributed by atoms with Gasteiger partial charge in [0.2, 0.25) is 0 Å². The van der Waals surface area contributed by atoms with Crippen molar-refractivity contribution in [3.8, 4) is 0 Å². The number of halogens is 1. The average molecular weight is 323 g/mol. The van der Waals surface area contributed by atoms with Crippen LogP contribution in [0.15, 0.2) is 24.3 Å². The fourth-order valence-electron chi connectivity index (χ4n) is 2.76. The molecule has 118 valence electrons. The smallest absolute Gasteiger partial charge is 0.356 e. The second-order valence-corrected chi connectivity index (χ2v) is 5.61. The largest absolute Gasteiger partial charge is 0.461 e. The minimum atomic E-state index is -0.397. The molecule has 0 saturated carbocycles. The van der Waals surface area contributed by atoms with Crippen molar-refractivity contribution < 1.29 is 14.3 Å². The van der Waals surface area contributed by atoms with E-state index in [2.05, 4.69) is 4.90 Å². The molecule has 0 spiro atoms. The summed E-state index contributed by atoms with van der Waals surface area (Å²) >= 11 is 6.38. The second-order valence-electron chi connectivity index (χ2n) is 5.27. The summed E-state index contributed by atoms with van der Waals surface area (Å²) in [5.41, 5.74) is 2.34. The first kappa shape index (κ1) is 15.3. The first-order valence-electron chi connectivity index (χ1n) is 7.47. The lowest BCUT2D eigenvalue weighted by Gasteiger charge is -2.26. The molecule has 1 aliphatic heterocycles. The van der Waals surface area contributed by atoms with Crippen LogP contribution in [0.3, 0.4) is 0 Å². The maximum atomic E-state index is 12.0. The van der Waals surface area contributed by atoms with Gasteiger partial charge in [-0.15, -0.1) is 0 Å². The van der Waals surface area contributed by atoms with Crippen LogP contribution in [-0.2, 0) is 16.0 Å². The van der Waals surface area contributed by atoms with E-state index in [1.165, 1.54) is 4.09 Å². The van der Waals surface area contributed by atoms with E-state index in [9.17, 15) is 4.79 Å². The number of ether oxygens (including phenoxy) is 2. The lowest BCUT2D eigenvalue weighted by Crippen LogP contribution is -2.35. The van der Waals surface area contributed by atoms with Crippen molar-refractivity contribution in [2.75, 3.05) is 32.9 Å². The van der Waals surface area contributed by atoms with E-state index in [0.717, 1.165) is 49.3 Å². The normalized spacial score (nSPS) is 16.1. The maximum Gasteiger partial charge on any atom is 0.356 e. The molecule has 2 heterocycles. The minimum Gasteiger partial charge on any atom is -0.461 e. The average Bonchev–Trinajstić information content (AvgIpc) is 2.87. The predicted molar refractivity (Wildman–Crippen MR) is 85.2 cm³/mol. The number of hydrogen-bond acceptors (Lipinski definition) is 4. The zero-order valence-electron chi connectivity index (χ0n) is 12.5. The highest BCUT2D eigenvalue weighted by atomic mass is 35.5. The van der Waals surface area contributed by atoms with Crippen LogP contribution in [0.25, 0.3) is 10.9 Å². The second kappa shape index (κ2) is 6.69. The van der Waals surface area contributed by atoms with Crippen LogP contribution in [0.1, 0.15) is 23.0 Å². The molecule has 0 amide bonds.